The van der Waals surface area contributed by atoms with E-state index in [2.05, 4.69) is 17.8 Å². The molecule has 0 heterocycles. The summed E-state index contributed by atoms with van der Waals surface area (Å²) < 4.78 is 0. The highest BCUT2D eigenvalue weighted by Crippen LogP contribution is 1.91. The molecule has 0 bridgehead atoms. The number of carbonyl (C=O) groups is 1. The zero-order chi connectivity index (χ0) is 10.3. The minimum absolute atomic E-state index is 0.0262. The van der Waals surface area contributed by atoms with E-state index in [4.69, 9.17) is 6.42 Å². The summed E-state index contributed by atoms with van der Waals surface area (Å²) in [5, 5.41) is 2.83. The van der Waals surface area contributed by atoms with Crippen molar-refractivity contribution in [2.24, 2.45) is 0 Å². The predicted octanol–water partition coefficient (Wildman–Crippen LogP) is 0.244. The lowest BCUT2D eigenvalue weighted by molar-refractivity contribution is -0.128. The smallest absolute Gasteiger partial charge is 0.236 e. The zero-order valence-electron chi connectivity index (χ0n) is 8.26. The van der Waals surface area contributed by atoms with E-state index >= 15 is 0 Å². The fourth-order valence-corrected chi connectivity index (χ4v) is 0.870. The average Bonchev–Trinajstić information content (AvgIpc) is 2.03. The van der Waals surface area contributed by atoms with Crippen molar-refractivity contribution in [2.45, 2.75) is 6.92 Å². The van der Waals surface area contributed by atoms with Gasteiger partial charge in [0.05, 0.1) is 13.1 Å². The van der Waals surface area contributed by atoms with Crippen LogP contribution in [0.4, 0.5) is 0 Å². The van der Waals surface area contributed by atoms with Crippen LogP contribution in [0, 0.1) is 12.3 Å². The maximum atomic E-state index is 11.3. The molecule has 0 spiro atoms. The molecule has 0 aromatic heterocycles. The van der Waals surface area contributed by atoms with Crippen LogP contribution >= 0.6 is 0 Å². The van der Waals surface area contributed by atoms with Crippen LogP contribution in [0.3, 0.4) is 0 Å². The van der Waals surface area contributed by atoms with Crippen molar-refractivity contribution < 1.29 is 4.79 Å². The third-order valence-electron chi connectivity index (χ3n) is 1.44. The van der Waals surface area contributed by atoms with Gasteiger partial charge in [-0.3, -0.25) is 10.1 Å². The summed E-state index contributed by atoms with van der Waals surface area (Å²) >= 11 is 0. The molecule has 0 aromatic rings. The van der Waals surface area contributed by atoms with Gasteiger partial charge >= 0.3 is 0 Å². The maximum Gasteiger partial charge on any atom is 0.236 e. The number of hydrogen-bond acceptors (Lipinski definition) is 2. The third kappa shape index (κ3) is 5.94. The van der Waals surface area contributed by atoms with Gasteiger partial charge in [-0.1, -0.05) is 18.1 Å². The highest BCUT2D eigenvalue weighted by molar-refractivity contribution is 5.78. The molecule has 3 nitrogen and oxygen atoms in total. The van der Waals surface area contributed by atoms with Gasteiger partial charge in [0, 0.05) is 13.6 Å². The molecule has 0 fully saturated rings. The Morgan fingerprint density at radius 1 is 1.69 bits per heavy atom. The van der Waals surface area contributed by atoms with Crippen LogP contribution in [0.2, 0.25) is 0 Å². The Morgan fingerprint density at radius 3 is 2.77 bits per heavy atom. The van der Waals surface area contributed by atoms with Crippen molar-refractivity contribution in [3.05, 3.63) is 12.2 Å². The van der Waals surface area contributed by atoms with E-state index in [9.17, 15) is 4.79 Å². The lowest BCUT2D eigenvalue weighted by atomic mass is 10.3. The second kappa shape index (κ2) is 6.27. The lowest BCUT2D eigenvalue weighted by Gasteiger charge is -2.16. The topological polar surface area (TPSA) is 32.3 Å². The lowest BCUT2D eigenvalue weighted by Crippen LogP contribution is -2.36. The van der Waals surface area contributed by atoms with Crippen molar-refractivity contribution >= 4 is 5.91 Å². The van der Waals surface area contributed by atoms with Crippen molar-refractivity contribution in [1.29, 1.82) is 0 Å². The predicted molar refractivity (Wildman–Crippen MR) is 54.2 cm³/mol. The fraction of sp³-hybridized carbons (Fsp3) is 0.500. The van der Waals surface area contributed by atoms with E-state index in [0.717, 1.165) is 5.57 Å². The summed E-state index contributed by atoms with van der Waals surface area (Å²) in [6.07, 6.45) is 5.02. The summed E-state index contributed by atoms with van der Waals surface area (Å²) in [4.78, 5) is 12.9. The molecule has 0 rings (SSSR count). The van der Waals surface area contributed by atoms with Gasteiger partial charge < -0.3 is 4.90 Å². The molecule has 0 aliphatic rings. The Bertz CT molecular complexity index is 228. The van der Waals surface area contributed by atoms with Gasteiger partial charge in [-0.2, -0.15) is 0 Å². The quantitative estimate of drug-likeness (QED) is 0.373. The fourth-order valence-electron chi connectivity index (χ4n) is 0.870. The average molecular weight is 180 g/mol. The standard InChI is InChI=1S/C10H16N2O/c1-5-6-11-7-10(13)12(4)8-9(2)3/h1,11H,2,6-8H2,3-4H3. The monoisotopic (exact) mass is 180 g/mol. The number of nitrogens with one attached hydrogen (secondary N) is 1. The Kier molecular flexibility index (Phi) is 5.66. The van der Waals surface area contributed by atoms with E-state index in [0.29, 0.717) is 13.1 Å². The van der Waals surface area contributed by atoms with Crippen LogP contribution < -0.4 is 5.32 Å². The van der Waals surface area contributed by atoms with Crippen LogP contribution in [-0.2, 0) is 4.79 Å². The number of likely N-dealkylation sites (N-methyl/N-ethyl adjacent to an activating group) is 1. The van der Waals surface area contributed by atoms with E-state index in [1.165, 1.54) is 0 Å². The molecule has 0 radical (unpaired) electrons. The number of rotatable bonds is 5. The van der Waals surface area contributed by atoms with Crippen LogP contribution in [0.1, 0.15) is 6.92 Å². The SMILES string of the molecule is C#CCNCC(=O)N(C)CC(=C)C. The van der Waals surface area contributed by atoms with Gasteiger partial charge in [-0.15, -0.1) is 6.42 Å². The van der Waals surface area contributed by atoms with Crippen molar-refractivity contribution in [3.8, 4) is 12.3 Å². The van der Waals surface area contributed by atoms with Crippen molar-refractivity contribution in [2.75, 3.05) is 26.7 Å². The molecule has 0 saturated carbocycles. The first kappa shape index (κ1) is 11.7. The first-order valence-corrected chi connectivity index (χ1v) is 4.10. The molecule has 0 aliphatic heterocycles. The highest BCUT2D eigenvalue weighted by Gasteiger charge is 2.06. The molecular formula is C10H16N2O. The van der Waals surface area contributed by atoms with Gasteiger partial charge in [0.25, 0.3) is 0 Å². The van der Waals surface area contributed by atoms with Crippen LogP contribution in [-0.4, -0.2) is 37.5 Å². The number of nitrogens with zero attached hydrogens (tertiary/aromatic N) is 1. The van der Waals surface area contributed by atoms with E-state index in [1.807, 2.05) is 6.92 Å². The molecule has 13 heavy (non-hydrogen) atoms. The van der Waals surface area contributed by atoms with Gasteiger partial charge in [0.2, 0.25) is 5.91 Å². The minimum atomic E-state index is 0.0262. The maximum absolute atomic E-state index is 11.3. The molecular weight excluding hydrogens is 164 g/mol. The minimum Gasteiger partial charge on any atom is -0.341 e. The largest absolute Gasteiger partial charge is 0.341 e. The Balaban J connectivity index is 3.71. The molecule has 0 unspecified atom stereocenters. The van der Waals surface area contributed by atoms with Gasteiger partial charge in [0.1, 0.15) is 0 Å². The molecule has 72 valence electrons. The van der Waals surface area contributed by atoms with Crippen LogP contribution in [0.15, 0.2) is 12.2 Å². The first-order valence-electron chi connectivity index (χ1n) is 4.10. The summed E-state index contributed by atoms with van der Waals surface area (Å²) in [6.45, 7) is 6.92. The Morgan fingerprint density at radius 2 is 2.31 bits per heavy atom. The normalized spacial score (nSPS) is 9.00. The Labute approximate surface area is 79.8 Å². The van der Waals surface area contributed by atoms with E-state index in [1.54, 1.807) is 11.9 Å². The molecule has 1 N–H and O–H groups in total. The molecule has 0 aromatic carbocycles. The second-order valence-corrected chi connectivity index (χ2v) is 3.01. The molecule has 1 amide bonds. The second-order valence-electron chi connectivity index (χ2n) is 3.01. The van der Waals surface area contributed by atoms with Gasteiger partial charge in [-0.25, -0.2) is 0 Å². The molecule has 3 heteroatoms. The third-order valence-corrected chi connectivity index (χ3v) is 1.44. The highest BCUT2D eigenvalue weighted by atomic mass is 16.2. The summed E-state index contributed by atoms with van der Waals surface area (Å²) in [5.41, 5.74) is 0.966. The van der Waals surface area contributed by atoms with E-state index in [-0.39, 0.29) is 12.5 Å². The molecule has 0 saturated heterocycles. The number of hydrogen-bond donors (Lipinski definition) is 1. The van der Waals surface area contributed by atoms with Gasteiger partial charge in [-0.05, 0) is 6.92 Å². The number of carbonyl (C=O) groups excluding carboxylic acids is 1. The summed E-state index contributed by atoms with van der Waals surface area (Å²) in [7, 11) is 1.74. The molecule has 0 atom stereocenters. The van der Waals surface area contributed by atoms with Crippen molar-refractivity contribution in [1.82, 2.24) is 10.2 Å². The van der Waals surface area contributed by atoms with E-state index < -0.39 is 0 Å². The molecule has 0 aliphatic carbocycles. The van der Waals surface area contributed by atoms with Gasteiger partial charge in [0.15, 0.2) is 0 Å². The van der Waals surface area contributed by atoms with Crippen LogP contribution in [0.5, 0.6) is 0 Å². The first-order chi connectivity index (χ1) is 6.07. The summed E-state index contributed by atoms with van der Waals surface area (Å²) in [5.74, 6) is 2.43. The summed E-state index contributed by atoms with van der Waals surface area (Å²) in [6, 6.07) is 0. The van der Waals surface area contributed by atoms with Crippen molar-refractivity contribution in [3.63, 3.8) is 0 Å². The zero-order valence-corrected chi connectivity index (χ0v) is 8.26. The Hall–Kier alpha value is -1.27. The number of amides is 1. The number of terminal acetylenes is 1. The van der Waals surface area contributed by atoms with Crippen LogP contribution in [0.25, 0.3) is 0 Å².